The molecule has 0 saturated heterocycles. The lowest BCUT2D eigenvalue weighted by Gasteiger charge is -2.14. The molecule has 26 heavy (non-hydrogen) atoms. The molecule has 0 unspecified atom stereocenters. The first kappa shape index (κ1) is 19.2. The summed E-state index contributed by atoms with van der Waals surface area (Å²) < 4.78 is 90.2. The Kier molecular flexibility index (Phi) is 5.48. The van der Waals surface area contributed by atoms with Gasteiger partial charge in [0.1, 0.15) is 0 Å². The van der Waals surface area contributed by atoms with E-state index in [1.807, 2.05) is 0 Å². The fourth-order valence-electron chi connectivity index (χ4n) is 1.69. The van der Waals surface area contributed by atoms with E-state index in [-0.39, 0.29) is 0 Å². The van der Waals surface area contributed by atoms with Crippen molar-refractivity contribution < 1.29 is 50.1 Å². The van der Waals surface area contributed by atoms with Crippen LogP contribution in [0.5, 0.6) is 23.0 Å². The van der Waals surface area contributed by atoms with E-state index in [1.54, 1.807) is 0 Å². The lowest BCUT2D eigenvalue weighted by molar-refractivity contribution is -0.275. The first-order valence-corrected chi connectivity index (χ1v) is 6.63. The van der Waals surface area contributed by atoms with E-state index < -0.39 is 41.9 Å². The third-order valence-corrected chi connectivity index (χ3v) is 2.54. The van der Waals surface area contributed by atoms with Crippen LogP contribution in [0, 0.1) is 0 Å². The molecule has 0 amide bonds. The van der Waals surface area contributed by atoms with Crippen LogP contribution >= 0.6 is 0 Å². The van der Waals surface area contributed by atoms with Gasteiger partial charge in [0.25, 0.3) is 0 Å². The molecule has 0 aliphatic rings. The van der Waals surface area contributed by atoms with Crippen molar-refractivity contribution in [3.63, 3.8) is 0 Å². The largest absolute Gasteiger partial charge is 0.573 e. The SMILES string of the molecule is O=C(Oc1ccccc1OC(F)(F)F)Oc1ccccc1OC(F)(F)F. The molecular weight excluding hydrogens is 374 g/mol. The molecule has 11 heteroatoms. The molecule has 2 aromatic rings. The number of halogens is 6. The Labute approximate surface area is 141 Å². The van der Waals surface area contributed by atoms with Gasteiger partial charge in [0.2, 0.25) is 0 Å². The van der Waals surface area contributed by atoms with Crippen LogP contribution in [0.3, 0.4) is 0 Å². The van der Waals surface area contributed by atoms with Crippen LogP contribution in [0.1, 0.15) is 0 Å². The summed E-state index contributed by atoms with van der Waals surface area (Å²) in [6, 6.07) is 8.55. The quantitative estimate of drug-likeness (QED) is 0.420. The molecule has 0 saturated carbocycles. The van der Waals surface area contributed by atoms with Gasteiger partial charge in [0, 0.05) is 0 Å². The maximum atomic E-state index is 12.3. The third-order valence-electron chi connectivity index (χ3n) is 2.54. The zero-order valence-electron chi connectivity index (χ0n) is 12.4. The normalized spacial score (nSPS) is 11.6. The van der Waals surface area contributed by atoms with E-state index in [4.69, 9.17) is 0 Å². The molecule has 0 aromatic heterocycles. The van der Waals surface area contributed by atoms with E-state index in [2.05, 4.69) is 18.9 Å². The summed E-state index contributed by atoms with van der Waals surface area (Å²) in [4.78, 5) is 11.7. The number of hydrogen-bond acceptors (Lipinski definition) is 5. The Morgan fingerprint density at radius 1 is 0.615 bits per heavy atom. The summed E-state index contributed by atoms with van der Waals surface area (Å²) in [6.45, 7) is 0. The molecule has 5 nitrogen and oxygen atoms in total. The number of carbonyl (C=O) groups excluding carboxylic acids is 1. The molecular formula is C15H8F6O5. The molecule has 0 aliphatic heterocycles. The van der Waals surface area contributed by atoms with E-state index in [0.717, 1.165) is 24.3 Å². The molecule has 0 fully saturated rings. The number of ether oxygens (including phenoxy) is 4. The predicted molar refractivity (Wildman–Crippen MR) is 72.9 cm³/mol. The van der Waals surface area contributed by atoms with E-state index in [0.29, 0.717) is 0 Å². The molecule has 2 aromatic carbocycles. The van der Waals surface area contributed by atoms with Crippen molar-refractivity contribution in [2.24, 2.45) is 0 Å². The highest BCUT2D eigenvalue weighted by Gasteiger charge is 2.34. The van der Waals surface area contributed by atoms with Crippen molar-refractivity contribution >= 4 is 6.16 Å². The lowest BCUT2D eigenvalue weighted by atomic mass is 10.3. The minimum atomic E-state index is -5.05. The van der Waals surface area contributed by atoms with Gasteiger partial charge < -0.3 is 18.9 Å². The van der Waals surface area contributed by atoms with Gasteiger partial charge in [-0.05, 0) is 24.3 Å². The van der Waals surface area contributed by atoms with Gasteiger partial charge in [0.05, 0.1) is 0 Å². The van der Waals surface area contributed by atoms with Gasteiger partial charge in [-0.3, -0.25) is 0 Å². The molecule has 0 atom stereocenters. The Morgan fingerprint density at radius 3 is 1.23 bits per heavy atom. The van der Waals surface area contributed by atoms with Crippen LogP contribution in [0.15, 0.2) is 48.5 Å². The highest BCUT2D eigenvalue weighted by atomic mass is 19.4. The first-order chi connectivity index (χ1) is 12.0. The Hall–Kier alpha value is -3.11. The standard InChI is InChI=1S/C15H8F6O5/c16-14(17,18)25-11-7-3-1-5-9(11)23-13(22)24-10-6-2-4-8-12(10)26-15(19,20)21/h1-8H. The molecule has 0 aliphatic carbocycles. The average molecular weight is 382 g/mol. The smallest absolute Gasteiger partial charge is 0.402 e. The molecule has 0 radical (unpaired) electrons. The number of hydrogen-bond donors (Lipinski definition) is 0. The highest BCUT2D eigenvalue weighted by molar-refractivity contribution is 5.69. The van der Waals surface area contributed by atoms with Crippen molar-refractivity contribution in [2.75, 3.05) is 0 Å². The lowest BCUT2D eigenvalue weighted by Crippen LogP contribution is -2.20. The van der Waals surface area contributed by atoms with Crippen molar-refractivity contribution in [3.05, 3.63) is 48.5 Å². The number of carbonyl (C=O) groups is 1. The fourth-order valence-corrected chi connectivity index (χ4v) is 1.69. The number of alkyl halides is 6. The van der Waals surface area contributed by atoms with E-state index in [9.17, 15) is 31.1 Å². The molecule has 0 bridgehead atoms. The van der Waals surface area contributed by atoms with Crippen molar-refractivity contribution in [1.29, 1.82) is 0 Å². The molecule has 2 rings (SSSR count). The minimum Gasteiger partial charge on any atom is -0.402 e. The zero-order chi connectivity index (χ0) is 19.4. The van der Waals surface area contributed by atoms with Crippen LogP contribution in [0.2, 0.25) is 0 Å². The number of para-hydroxylation sites is 4. The van der Waals surface area contributed by atoms with Crippen molar-refractivity contribution in [2.45, 2.75) is 12.7 Å². The van der Waals surface area contributed by atoms with E-state index >= 15 is 0 Å². The zero-order valence-corrected chi connectivity index (χ0v) is 12.4. The number of rotatable bonds is 4. The second kappa shape index (κ2) is 7.42. The highest BCUT2D eigenvalue weighted by Crippen LogP contribution is 2.34. The monoisotopic (exact) mass is 382 g/mol. The Morgan fingerprint density at radius 2 is 0.923 bits per heavy atom. The van der Waals surface area contributed by atoms with Crippen LogP contribution in [-0.4, -0.2) is 18.9 Å². The molecule has 140 valence electrons. The van der Waals surface area contributed by atoms with Gasteiger partial charge in [0.15, 0.2) is 23.0 Å². The van der Waals surface area contributed by atoms with Crippen molar-refractivity contribution in [1.82, 2.24) is 0 Å². The second-order valence-corrected chi connectivity index (χ2v) is 4.44. The van der Waals surface area contributed by atoms with Crippen LogP contribution in [0.4, 0.5) is 31.1 Å². The summed E-state index contributed by atoms with van der Waals surface area (Å²) in [5.41, 5.74) is 0. The van der Waals surface area contributed by atoms with Crippen LogP contribution in [-0.2, 0) is 0 Å². The maximum absolute atomic E-state index is 12.3. The topological polar surface area (TPSA) is 54.0 Å². The van der Waals surface area contributed by atoms with Crippen LogP contribution < -0.4 is 18.9 Å². The van der Waals surface area contributed by atoms with Gasteiger partial charge in [-0.2, -0.15) is 0 Å². The summed E-state index contributed by atoms with van der Waals surface area (Å²) in [5, 5.41) is 0. The molecule has 0 N–H and O–H groups in total. The predicted octanol–water partition coefficient (Wildman–Crippen LogP) is 5.06. The third kappa shape index (κ3) is 6.07. The average Bonchev–Trinajstić information content (AvgIpc) is 2.48. The van der Waals surface area contributed by atoms with Gasteiger partial charge in [-0.25, -0.2) is 4.79 Å². The molecule has 0 heterocycles. The number of benzene rings is 2. The minimum absolute atomic E-state index is 0.649. The van der Waals surface area contributed by atoms with Gasteiger partial charge in [-0.1, -0.05) is 24.3 Å². The fraction of sp³-hybridized carbons (Fsp3) is 0.133. The summed E-state index contributed by atoms with van der Waals surface area (Å²) in [7, 11) is 0. The molecule has 0 spiro atoms. The summed E-state index contributed by atoms with van der Waals surface area (Å²) in [5.74, 6) is -2.97. The Balaban J connectivity index is 2.14. The van der Waals surface area contributed by atoms with E-state index in [1.165, 1.54) is 24.3 Å². The maximum Gasteiger partial charge on any atom is 0.573 e. The van der Waals surface area contributed by atoms with Crippen LogP contribution in [0.25, 0.3) is 0 Å². The van der Waals surface area contributed by atoms with Gasteiger partial charge >= 0.3 is 18.9 Å². The second-order valence-electron chi connectivity index (χ2n) is 4.44. The Bertz CT molecular complexity index is 708. The van der Waals surface area contributed by atoms with Crippen molar-refractivity contribution in [3.8, 4) is 23.0 Å². The van der Waals surface area contributed by atoms with Gasteiger partial charge in [-0.15, -0.1) is 26.3 Å². The summed E-state index contributed by atoms with van der Waals surface area (Å²) in [6.07, 6.45) is -11.7. The summed E-state index contributed by atoms with van der Waals surface area (Å²) >= 11 is 0. The first-order valence-electron chi connectivity index (χ1n) is 6.63.